The average molecular weight is 1120 g/mol. The van der Waals surface area contributed by atoms with Crippen molar-refractivity contribution in [3.05, 3.63) is 60.8 Å². The zero-order valence-electron chi connectivity index (χ0n) is 51.9. The van der Waals surface area contributed by atoms with Gasteiger partial charge in [-0.25, -0.2) is 4.57 Å². The van der Waals surface area contributed by atoms with Crippen LogP contribution >= 0.6 is 7.82 Å². The third kappa shape index (κ3) is 62.9. The maximum Gasteiger partial charge on any atom is 0.472 e. The number of phosphoric acid groups is 1. The Hall–Kier alpha value is -2.29. The summed E-state index contributed by atoms with van der Waals surface area (Å²) < 4.78 is 34.6. The number of hydrogen-bond acceptors (Lipinski definition) is 7. The number of carbonyl (C=O) groups excluding carboxylic acids is 2. The van der Waals surface area contributed by atoms with Crippen LogP contribution in [0.1, 0.15) is 309 Å². The Morgan fingerprint density at radius 3 is 1.05 bits per heavy atom. The van der Waals surface area contributed by atoms with E-state index in [0.29, 0.717) is 17.4 Å². The van der Waals surface area contributed by atoms with Crippen LogP contribution in [-0.2, 0) is 32.7 Å². The van der Waals surface area contributed by atoms with Crippen molar-refractivity contribution in [3.8, 4) is 0 Å². The summed E-state index contributed by atoms with van der Waals surface area (Å²) in [5.41, 5.74) is 0. The van der Waals surface area contributed by atoms with Crippen LogP contribution < -0.4 is 0 Å². The molecule has 0 aliphatic heterocycles. The van der Waals surface area contributed by atoms with Crippen LogP contribution in [0, 0.1) is 0 Å². The third-order valence-corrected chi connectivity index (χ3v) is 15.5. The Morgan fingerprint density at radius 2 is 0.692 bits per heavy atom. The predicted octanol–water partition coefficient (Wildman–Crippen LogP) is 21.0. The molecule has 0 aliphatic carbocycles. The highest BCUT2D eigenvalue weighted by Gasteiger charge is 2.27. The van der Waals surface area contributed by atoms with E-state index in [-0.39, 0.29) is 32.0 Å². The minimum absolute atomic E-state index is 0.0298. The Balaban J connectivity index is 3.91. The summed E-state index contributed by atoms with van der Waals surface area (Å²) in [5.74, 6) is -0.803. The number of esters is 2. The summed E-state index contributed by atoms with van der Waals surface area (Å²) in [6.07, 6.45) is 77.6. The first-order valence-corrected chi connectivity index (χ1v) is 34.5. The quantitative estimate of drug-likeness (QED) is 0.0211. The summed E-state index contributed by atoms with van der Waals surface area (Å²) >= 11 is 0. The van der Waals surface area contributed by atoms with E-state index in [9.17, 15) is 19.0 Å². The number of ether oxygens (including phenoxy) is 2. The van der Waals surface area contributed by atoms with Crippen molar-refractivity contribution in [2.45, 2.75) is 315 Å². The standard InChI is InChI=1S/C68H126NO8P/c1-6-8-10-12-14-16-18-20-22-23-24-25-26-27-28-29-30-31-32-33-34-35-36-37-38-39-40-41-42-43-44-45-47-49-51-53-55-57-59-61-68(71)77-66(65-76-78(72,73)75-63-62-69(3,4)5)64-74-67(70)60-58-56-54-52-50-48-46-21-19-17-15-13-11-9-7-2/h15,17-18,20-21,23-24,26-27,46,66H,6-14,16,19,22,25,28-45,47-65H2,1-5H3/p+1/b17-15-,20-18-,24-23-,27-26-,46-21-. The molecule has 0 heterocycles. The molecule has 2 unspecified atom stereocenters. The molecule has 0 aliphatic rings. The number of quaternary nitrogens is 1. The Labute approximate surface area is 483 Å². The Kier molecular flexibility index (Phi) is 57.6. The highest BCUT2D eigenvalue weighted by molar-refractivity contribution is 7.47. The Bertz CT molecular complexity index is 1500. The number of nitrogens with zero attached hydrogens (tertiary/aromatic N) is 1. The monoisotopic (exact) mass is 1120 g/mol. The van der Waals surface area contributed by atoms with E-state index in [4.69, 9.17) is 18.5 Å². The van der Waals surface area contributed by atoms with Crippen LogP contribution in [-0.4, -0.2) is 74.9 Å². The molecular formula is C68H127NO8P+. The van der Waals surface area contributed by atoms with Gasteiger partial charge >= 0.3 is 19.8 Å². The lowest BCUT2D eigenvalue weighted by Crippen LogP contribution is -2.37. The predicted molar refractivity (Wildman–Crippen MR) is 335 cm³/mol. The van der Waals surface area contributed by atoms with E-state index in [0.717, 1.165) is 70.6 Å². The van der Waals surface area contributed by atoms with Gasteiger partial charge in [-0.1, -0.05) is 274 Å². The number of unbranched alkanes of at least 4 members (excludes halogenated alkanes) is 37. The van der Waals surface area contributed by atoms with Gasteiger partial charge in [-0.2, -0.15) is 0 Å². The second kappa shape index (κ2) is 59.3. The van der Waals surface area contributed by atoms with Gasteiger partial charge in [-0.15, -0.1) is 0 Å². The number of hydrogen-bond donors (Lipinski definition) is 1. The van der Waals surface area contributed by atoms with Crippen molar-refractivity contribution in [1.82, 2.24) is 0 Å². The first kappa shape index (κ1) is 75.7. The molecule has 10 heteroatoms. The SMILES string of the molecule is CCCCC/C=C\C/C=C\CCCCCCCC(=O)OCC(COP(=O)(O)OCC[N+](C)(C)C)OC(=O)CCCCCCCCCCCCCCCCCCCCCCCCCC/C=C\C/C=C\C/C=C\CCCCCCC. The molecule has 0 aromatic carbocycles. The van der Waals surface area contributed by atoms with Crippen molar-refractivity contribution in [2.75, 3.05) is 47.5 Å². The fourth-order valence-corrected chi connectivity index (χ4v) is 10.2. The lowest BCUT2D eigenvalue weighted by atomic mass is 10.0. The highest BCUT2D eigenvalue weighted by atomic mass is 31.2. The van der Waals surface area contributed by atoms with Crippen molar-refractivity contribution >= 4 is 19.8 Å². The van der Waals surface area contributed by atoms with Crippen molar-refractivity contribution in [2.24, 2.45) is 0 Å². The molecule has 9 nitrogen and oxygen atoms in total. The van der Waals surface area contributed by atoms with Crippen LogP contribution in [0.5, 0.6) is 0 Å². The number of rotatable bonds is 61. The van der Waals surface area contributed by atoms with Crippen molar-refractivity contribution < 1.29 is 42.1 Å². The summed E-state index contributed by atoms with van der Waals surface area (Å²) in [7, 11) is 1.48. The molecular weight excluding hydrogens is 990 g/mol. The summed E-state index contributed by atoms with van der Waals surface area (Å²) in [5, 5.41) is 0. The zero-order valence-corrected chi connectivity index (χ0v) is 52.8. The average Bonchev–Trinajstić information content (AvgIpc) is 3.41. The summed E-state index contributed by atoms with van der Waals surface area (Å²) in [6, 6.07) is 0. The molecule has 78 heavy (non-hydrogen) atoms. The van der Waals surface area contributed by atoms with E-state index in [1.165, 1.54) is 205 Å². The topological polar surface area (TPSA) is 108 Å². The molecule has 0 aromatic rings. The molecule has 0 rings (SSSR count). The van der Waals surface area contributed by atoms with Gasteiger partial charge in [0.15, 0.2) is 6.10 Å². The number of likely N-dealkylation sites (N-methyl/N-ethyl adjacent to an activating group) is 1. The van der Waals surface area contributed by atoms with E-state index in [2.05, 4.69) is 74.6 Å². The van der Waals surface area contributed by atoms with Crippen molar-refractivity contribution in [3.63, 3.8) is 0 Å². The van der Waals surface area contributed by atoms with Crippen LogP contribution in [0.4, 0.5) is 0 Å². The fourth-order valence-electron chi connectivity index (χ4n) is 9.41. The van der Waals surface area contributed by atoms with Gasteiger partial charge in [-0.3, -0.25) is 18.6 Å². The van der Waals surface area contributed by atoms with Crippen LogP contribution in [0.3, 0.4) is 0 Å². The van der Waals surface area contributed by atoms with E-state index >= 15 is 0 Å². The highest BCUT2D eigenvalue weighted by Crippen LogP contribution is 2.43. The molecule has 0 aromatic heterocycles. The van der Waals surface area contributed by atoms with Gasteiger partial charge in [0.1, 0.15) is 19.8 Å². The second-order valence-corrected chi connectivity index (χ2v) is 25.0. The minimum atomic E-state index is -4.39. The maximum atomic E-state index is 12.8. The first-order chi connectivity index (χ1) is 38.0. The molecule has 0 fully saturated rings. The fraction of sp³-hybridized carbons (Fsp3) is 0.824. The maximum absolute atomic E-state index is 12.8. The van der Waals surface area contributed by atoms with Gasteiger partial charge < -0.3 is 18.9 Å². The lowest BCUT2D eigenvalue weighted by Gasteiger charge is -2.24. The third-order valence-electron chi connectivity index (χ3n) is 14.5. The normalized spacial score (nSPS) is 13.6. The summed E-state index contributed by atoms with van der Waals surface area (Å²) in [6.45, 7) is 4.41. The molecule has 0 amide bonds. The number of carbonyl (C=O) groups is 2. The van der Waals surface area contributed by atoms with E-state index < -0.39 is 26.5 Å². The molecule has 2 atom stereocenters. The Morgan fingerprint density at radius 1 is 0.397 bits per heavy atom. The number of allylic oxidation sites excluding steroid dienone is 10. The van der Waals surface area contributed by atoms with Crippen molar-refractivity contribution in [1.29, 1.82) is 0 Å². The lowest BCUT2D eigenvalue weighted by molar-refractivity contribution is -0.870. The molecule has 0 radical (unpaired) electrons. The van der Waals surface area contributed by atoms with Gasteiger partial charge in [0.25, 0.3) is 0 Å². The van der Waals surface area contributed by atoms with Gasteiger partial charge in [-0.05, 0) is 83.5 Å². The minimum Gasteiger partial charge on any atom is -0.462 e. The van der Waals surface area contributed by atoms with Gasteiger partial charge in [0, 0.05) is 12.8 Å². The molecule has 1 N–H and O–H groups in total. The zero-order chi connectivity index (χ0) is 57.0. The second-order valence-electron chi connectivity index (χ2n) is 23.5. The van der Waals surface area contributed by atoms with Crippen LogP contribution in [0.25, 0.3) is 0 Å². The molecule has 0 bridgehead atoms. The van der Waals surface area contributed by atoms with Gasteiger partial charge in [0.2, 0.25) is 0 Å². The molecule has 0 spiro atoms. The van der Waals surface area contributed by atoms with Crippen LogP contribution in [0.15, 0.2) is 60.8 Å². The van der Waals surface area contributed by atoms with E-state index in [1.54, 1.807) is 0 Å². The van der Waals surface area contributed by atoms with E-state index in [1.807, 2.05) is 21.1 Å². The number of phosphoric ester groups is 1. The summed E-state index contributed by atoms with van der Waals surface area (Å²) in [4.78, 5) is 35.7. The molecule has 0 saturated heterocycles. The first-order valence-electron chi connectivity index (χ1n) is 33.0. The molecule has 0 saturated carbocycles. The van der Waals surface area contributed by atoms with Gasteiger partial charge in [0.05, 0.1) is 27.7 Å². The smallest absolute Gasteiger partial charge is 0.462 e. The van der Waals surface area contributed by atoms with Crippen LogP contribution in [0.2, 0.25) is 0 Å². The molecule has 456 valence electrons. The largest absolute Gasteiger partial charge is 0.472 e.